The van der Waals surface area contributed by atoms with Gasteiger partial charge in [0.1, 0.15) is 0 Å². The lowest BCUT2D eigenvalue weighted by atomic mass is 9.99. The van der Waals surface area contributed by atoms with Crippen LogP contribution in [0.25, 0.3) is 0 Å². The van der Waals surface area contributed by atoms with Crippen LogP contribution in [0.5, 0.6) is 0 Å². The molecule has 18 heavy (non-hydrogen) atoms. The largest absolute Gasteiger partial charge is 0.480 e. The SMILES string of the molecule is CC(C)(C)N(CC(=O)O)C(c1cccs1)C1CC1. The quantitative estimate of drug-likeness (QED) is 0.889. The molecule has 1 aliphatic rings. The van der Waals surface area contributed by atoms with Crippen molar-refractivity contribution in [3.8, 4) is 0 Å². The van der Waals surface area contributed by atoms with E-state index in [4.69, 9.17) is 5.11 Å². The molecule has 1 saturated carbocycles. The van der Waals surface area contributed by atoms with Crippen LogP contribution in [0.2, 0.25) is 0 Å². The maximum atomic E-state index is 11.1. The van der Waals surface area contributed by atoms with Gasteiger partial charge in [0.05, 0.1) is 6.54 Å². The number of hydrogen-bond acceptors (Lipinski definition) is 3. The second-order valence-corrected chi connectivity index (χ2v) is 6.97. The predicted molar refractivity (Wildman–Crippen MR) is 73.9 cm³/mol. The van der Waals surface area contributed by atoms with E-state index < -0.39 is 5.97 Å². The van der Waals surface area contributed by atoms with Gasteiger partial charge in [0, 0.05) is 16.5 Å². The summed E-state index contributed by atoms with van der Waals surface area (Å²) in [7, 11) is 0. The van der Waals surface area contributed by atoms with E-state index in [-0.39, 0.29) is 18.1 Å². The van der Waals surface area contributed by atoms with Crippen molar-refractivity contribution in [1.29, 1.82) is 0 Å². The predicted octanol–water partition coefficient (Wildman–Crippen LogP) is 3.38. The third-order valence-electron chi connectivity index (χ3n) is 3.41. The van der Waals surface area contributed by atoms with Crippen molar-refractivity contribution in [2.24, 2.45) is 5.92 Å². The van der Waals surface area contributed by atoms with Crippen molar-refractivity contribution in [2.75, 3.05) is 6.54 Å². The highest BCUT2D eigenvalue weighted by molar-refractivity contribution is 7.10. The van der Waals surface area contributed by atoms with Crippen LogP contribution in [0.15, 0.2) is 17.5 Å². The van der Waals surface area contributed by atoms with Gasteiger partial charge in [0.2, 0.25) is 0 Å². The van der Waals surface area contributed by atoms with Gasteiger partial charge in [0.25, 0.3) is 0 Å². The Hall–Kier alpha value is -0.870. The van der Waals surface area contributed by atoms with Crippen LogP contribution in [0.1, 0.15) is 44.5 Å². The van der Waals surface area contributed by atoms with Gasteiger partial charge in [-0.1, -0.05) is 6.07 Å². The van der Waals surface area contributed by atoms with Gasteiger partial charge in [-0.3, -0.25) is 9.69 Å². The molecule has 1 aliphatic carbocycles. The fourth-order valence-electron chi connectivity index (χ4n) is 2.41. The summed E-state index contributed by atoms with van der Waals surface area (Å²) in [6.07, 6.45) is 2.43. The maximum Gasteiger partial charge on any atom is 0.317 e. The number of carbonyl (C=O) groups is 1. The Kier molecular flexibility index (Phi) is 3.78. The lowest BCUT2D eigenvalue weighted by Crippen LogP contribution is -2.47. The first-order valence-electron chi connectivity index (χ1n) is 6.41. The van der Waals surface area contributed by atoms with E-state index in [1.54, 1.807) is 11.3 Å². The van der Waals surface area contributed by atoms with Crippen molar-refractivity contribution in [1.82, 2.24) is 4.90 Å². The molecular weight excluding hydrogens is 246 g/mol. The Morgan fingerprint density at radius 3 is 2.61 bits per heavy atom. The molecule has 0 saturated heterocycles. The lowest BCUT2D eigenvalue weighted by Gasteiger charge is -2.40. The summed E-state index contributed by atoms with van der Waals surface area (Å²) >= 11 is 1.74. The molecule has 1 unspecified atom stereocenters. The number of rotatable bonds is 5. The normalized spacial score (nSPS) is 18.0. The van der Waals surface area contributed by atoms with Gasteiger partial charge in [-0.15, -0.1) is 11.3 Å². The number of hydrogen-bond donors (Lipinski definition) is 1. The highest BCUT2D eigenvalue weighted by Gasteiger charge is 2.41. The Bertz CT molecular complexity index is 404. The second-order valence-electron chi connectivity index (χ2n) is 5.99. The molecule has 1 N–H and O–H groups in total. The molecule has 0 amide bonds. The van der Waals surface area contributed by atoms with Crippen molar-refractivity contribution in [3.63, 3.8) is 0 Å². The van der Waals surface area contributed by atoms with Crippen molar-refractivity contribution in [3.05, 3.63) is 22.4 Å². The molecule has 1 heterocycles. The molecular formula is C14H21NO2S. The fraction of sp³-hybridized carbons (Fsp3) is 0.643. The highest BCUT2D eigenvalue weighted by Crippen LogP contribution is 2.47. The van der Waals surface area contributed by atoms with E-state index in [0.717, 1.165) is 0 Å². The van der Waals surface area contributed by atoms with E-state index in [1.807, 2.05) is 0 Å². The third kappa shape index (κ3) is 3.12. The van der Waals surface area contributed by atoms with Gasteiger partial charge in [0.15, 0.2) is 0 Å². The van der Waals surface area contributed by atoms with Crippen molar-refractivity contribution in [2.45, 2.75) is 45.2 Å². The average Bonchev–Trinajstić information content (AvgIpc) is 2.91. The first-order chi connectivity index (χ1) is 8.39. The van der Waals surface area contributed by atoms with E-state index in [9.17, 15) is 4.79 Å². The molecule has 4 heteroatoms. The summed E-state index contributed by atoms with van der Waals surface area (Å²) in [4.78, 5) is 14.6. The van der Waals surface area contributed by atoms with Crippen molar-refractivity contribution < 1.29 is 9.90 Å². The summed E-state index contributed by atoms with van der Waals surface area (Å²) in [5.74, 6) is -0.116. The van der Waals surface area contributed by atoms with Crippen LogP contribution in [0, 0.1) is 5.92 Å². The summed E-state index contributed by atoms with van der Waals surface area (Å²) < 4.78 is 0. The minimum absolute atomic E-state index is 0.114. The van der Waals surface area contributed by atoms with E-state index in [1.165, 1.54) is 17.7 Å². The zero-order valence-corrected chi connectivity index (χ0v) is 12.0. The van der Waals surface area contributed by atoms with E-state index in [0.29, 0.717) is 5.92 Å². The lowest BCUT2D eigenvalue weighted by molar-refractivity contribution is -0.141. The van der Waals surface area contributed by atoms with E-state index >= 15 is 0 Å². The van der Waals surface area contributed by atoms with Crippen LogP contribution in [0.4, 0.5) is 0 Å². The van der Waals surface area contributed by atoms with Gasteiger partial charge in [-0.25, -0.2) is 0 Å². The number of carboxylic acid groups (broad SMARTS) is 1. The first kappa shape index (κ1) is 13.6. The molecule has 100 valence electrons. The number of carboxylic acids is 1. The number of thiophene rings is 1. The Morgan fingerprint density at radius 1 is 1.56 bits per heavy atom. The third-order valence-corrected chi connectivity index (χ3v) is 4.35. The second kappa shape index (κ2) is 5.02. The minimum Gasteiger partial charge on any atom is -0.480 e. The Morgan fingerprint density at radius 2 is 2.22 bits per heavy atom. The number of nitrogens with zero attached hydrogens (tertiary/aromatic N) is 1. The van der Waals surface area contributed by atoms with Crippen LogP contribution in [-0.4, -0.2) is 28.1 Å². The van der Waals surface area contributed by atoms with Crippen LogP contribution >= 0.6 is 11.3 Å². The van der Waals surface area contributed by atoms with Gasteiger partial charge < -0.3 is 5.11 Å². The maximum absolute atomic E-state index is 11.1. The summed E-state index contributed by atoms with van der Waals surface area (Å²) in [6, 6.07) is 4.45. The molecule has 0 aliphatic heterocycles. The molecule has 1 aromatic heterocycles. The van der Waals surface area contributed by atoms with Gasteiger partial charge in [-0.2, -0.15) is 0 Å². The molecule has 0 aromatic carbocycles. The number of aliphatic carboxylic acids is 1. The van der Waals surface area contributed by atoms with Crippen LogP contribution < -0.4 is 0 Å². The topological polar surface area (TPSA) is 40.5 Å². The summed E-state index contributed by atoms with van der Waals surface area (Å²) in [5, 5.41) is 11.2. The minimum atomic E-state index is -0.743. The van der Waals surface area contributed by atoms with E-state index in [2.05, 4.69) is 43.2 Å². The van der Waals surface area contributed by atoms with Crippen LogP contribution in [-0.2, 0) is 4.79 Å². The zero-order valence-electron chi connectivity index (χ0n) is 11.2. The fourth-order valence-corrected chi connectivity index (χ4v) is 3.34. The molecule has 1 atom stereocenters. The molecule has 0 spiro atoms. The van der Waals surface area contributed by atoms with Gasteiger partial charge >= 0.3 is 5.97 Å². The summed E-state index contributed by atoms with van der Waals surface area (Å²) in [5.41, 5.74) is -0.129. The molecule has 0 radical (unpaired) electrons. The molecule has 1 fully saturated rings. The monoisotopic (exact) mass is 267 g/mol. The average molecular weight is 267 g/mol. The molecule has 2 rings (SSSR count). The first-order valence-corrected chi connectivity index (χ1v) is 7.29. The zero-order chi connectivity index (χ0) is 13.3. The molecule has 3 nitrogen and oxygen atoms in total. The van der Waals surface area contributed by atoms with Crippen LogP contribution in [0.3, 0.4) is 0 Å². The summed E-state index contributed by atoms with van der Waals surface area (Å²) in [6.45, 7) is 6.40. The Balaban J connectivity index is 2.28. The smallest absolute Gasteiger partial charge is 0.317 e. The van der Waals surface area contributed by atoms with Crippen molar-refractivity contribution >= 4 is 17.3 Å². The van der Waals surface area contributed by atoms with Gasteiger partial charge in [-0.05, 0) is 51.0 Å². The molecule has 1 aromatic rings. The highest BCUT2D eigenvalue weighted by atomic mass is 32.1. The standard InChI is InChI=1S/C14H21NO2S/c1-14(2,3)15(9-12(16)17)13(10-6-7-10)11-5-4-8-18-11/h4-5,8,10,13H,6-7,9H2,1-3H3,(H,16,17). The Labute approximate surface area is 112 Å². The molecule has 0 bridgehead atoms.